The molecule has 1 aromatic heterocycles. The van der Waals surface area contributed by atoms with Gasteiger partial charge in [-0.15, -0.1) is 5.10 Å². The number of aromatic nitrogens is 2. The average molecular weight is 238 g/mol. The minimum atomic E-state index is 0.356. The number of hydrogen-bond donors (Lipinski definition) is 1. The lowest BCUT2D eigenvalue weighted by atomic mass is 9.93. The van der Waals surface area contributed by atoms with Gasteiger partial charge in [0.05, 0.1) is 6.54 Å². The highest BCUT2D eigenvalue weighted by molar-refractivity contribution is 5.27. The molecule has 2 rings (SSSR count). The third-order valence-electron chi connectivity index (χ3n) is 3.11. The molecule has 1 aliphatic rings. The van der Waals surface area contributed by atoms with Gasteiger partial charge in [0.1, 0.15) is 0 Å². The summed E-state index contributed by atoms with van der Waals surface area (Å²) in [6.45, 7) is 10.3. The van der Waals surface area contributed by atoms with Crippen molar-refractivity contribution in [3.05, 3.63) is 5.89 Å². The minimum absolute atomic E-state index is 0.356. The van der Waals surface area contributed by atoms with Crippen LogP contribution in [0.4, 0.5) is 6.01 Å². The zero-order chi connectivity index (χ0) is 12.3. The highest BCUT2D eigenvalue weighted by Gasteiger charge is 2.31. The zero-order valence-corrected chi connectivity index (χ0v) is 11.0. The maximum atomic E-state index is 5.65. The Morgan fingerprint density at radius 1 is 1.41 bits per heavy atom. The molecular formula is C12H22N4O. The van der Waals surface area contributed by atoms with Crippen LogP contribution in [0.2, 0.25) is 0 Å². The predicted octanol–water partition coefficient (Wildman–Crippen LogP) is 1.81. The van der Waals surface area contributed by atoms with E-state index in [-0.39, 0.29) is 0 Å². The first-order chi connectivity index (χ1) is 8.11. The smallest absolute Gasteiger partial charge is 0.318 e. The van der Waals surface area contributed by atoms with Crippen molar-refractivity contribution in [1.82, 2.24) is 15.5 Å². The molecule has 0 spiro atoms. The Bertz CT molecular complexity index is 361. The van der Waals surface area contributed by atoms with Gasteiger partial charge in [0.25, 0.3) is 0 Å². The fourth-order valence-electron chi connectivity index (χ4n) is 2.09. The zero-order valence-electron chi connectivity index (χ0n) is 11.0. The van der Waals surface area contributed by atoms with Crippen LogP contribution < -0.4 is 10.2 Å². The van der Waals surface area contributed by atoms with Gasteiger partial charge in [0, 0.05) is 13.1 Å². The molecule has 0 unspecified atom stereocenters. The average Bonchev–Trinajstić information content (AvgIpc) is 2.85. The molecule has 0 aliphatic carbocycles. The van der Waals surface area contributed by atoms with Crippen molar-refractivity contribution in [1.29, 1.82) is 0 Å². The highest BCUT2D eigenvalue weighted by atomic mass is 16.4. The van der Waals surface area contributed by atoms with Gasteiger partial charge in [-0.3, -0.25) is 0 Å². The number of nitrogens with one attached hydrogen (secondary N) is 1. The molecule has 17 heavy (non-hydrogen) atoms. The lowest BCUT2D eigenvalue weighted by Gasteiger charge is -2.17. The fraction of sp³-hybridized carbons (Fsp3) is 0.833. The van der Waals surface area contributed by atoms with Gasteiger partial charge >= 0.3 is 6.01 Å². The third-order valence-corrected chi connectivity index (χ3v) is 3.11. The van der Waals surface area contributed by atoms with Crippen molar-refractivity contribution in [2.24, 2.45) is 5.41 Å². The van der Waals surface area contributed by atoms with E-state index in [9.17, 15) is 0 Å². The summed E-state index contributed by atoms with van der Waals surface area (Å²) in [5, 5.41) is 11.4. The maximum Gasteiger partial charge on any atom is 0.318 e. The van der Waals surface area contributed by atoms with Gasteiger partial charge in [-0.05, 0) is 24.8 Å². The summed E-state index contributed by atoms with van der Waals surface area (Å²) in [5.41, 5.74) is 0.356. The van der Waals surface area contributed by atoms with Crippen molar-refractivity contribution in [2.45, 2.75) is 40.2 Å². The second-order valence-electron chi connectivity index (χ2n) is 5.49. The van der Waals surface area contributed by atoms with E-state index in [1.54, 1.807) is 0 Å². The van der Waals surface area contributed by atoms with E-state index in [1.165, 1.54) is 6.42 Å². The Morgan fingerprint density at radius 3 is 2.88 bits per heavy atom. The Labute approximate surface area is 103 Å². The molecule has 0 aromatic carbocycles. The van der Waals surface area contributed by atoms with E-state index in [0.29, 0.717) is 23.9 Å². The van der Waals surface area contributed by atoms with Crippen LogP contribution in [-0.4, -0.2) is 29.8 Å². The molecule has 1 aliphatic heterocycles. The van der Waals surface area contributed by atoms with Crippen molar-refractivity contribution in [3.8, 4) is 0 Å². The van der Waals surface area contributed by atoms with E-state index >= 15 is 0 Å². The molecule has 0 saturated carbocycles. The van der Waals surface area contributed by atoms with E-state index in [0.717, 1.165) is 26.1 Å². The van der Waals surface area contributed by atoms with Crippen LogP contribution in [0.15, 0.2) is 4.42 Å². The minimum Gasteiger partial charge on any atom is -0.407 e. The van der Waals surface area contributed by atoms with E-state index in [4.69, 9.17) is 4.42 Å². The largest absolute Gasteiger partial charge is 0.407 e. The topological polar surface area (TPSA) is 54.2 Å². The first-order valence-electron chi connectivity index (χ1n) is 6.39. The number of anilines is 1. The molecule has 0 radical (unpaired) electrons. The predicted molar refractivity (Wildman–Crippen MR) is 66.9 cm³/mol. The molecular weight excluding hydrogens is 216 g/mol. The van der Waals surface area contributed by atoms with Gasteiger partial charge in [-0.1, -0.05) is 25.9 Å². The van der Waals surface area contributed by atoms with Gasteiger partial charge in [0.2, 0.25) is 5.89 Å². The molecule has 5 heteroatoms. The first kappa shape index (κ1) is 12.4. The van der Waals surface area contributed by atoms with Gasteiger partial charge in [-0.2, -0.15) is 0 Å². The molecule has 0 atom stereocenters. The Kier molecular flexibility index (Phi) is 3.66. The lowest BCUT2D eigenvalue weighted by molar-refractivity contribution is 0.412. The van der Waals surface area contributed by atoms with E-state index in [1.807, 2.05) is 0 Å². The van der Waals surface area contributed by atoms with Gasteiger partial charge < -0.3 is 14.6 Å². The van der Waals surface area contributed by atoms with Crippen LogP contribution in [0.25, 0.3) is 0 Å². The molecule has 0 bridgehead atoms. The summed E-state index contributed by atoms with van der Waals surface area (Å²) in [6.07, 6.45) is 2.29. The fourth-order valence-corrected chi connectivity index (χ4v) is 2.09. The molecule has 1 fully saturated rings. The summed E-state index contributed by atoms with van der Waals surface area (Å²) < 4.78 is 5.65. The van der Waals surface area contributed by atoms with E-state index < -0.39 is 0 Å². The van der Waals surface area contributed by atoms with Crippen LogP contribution >= 0.6 is 0 Å². The van der Waals surface area contributed by atoms with Crippen LogP contribution in [0.1, 0.15) is 39.5 Å². The second-order valence-corrected chi connectivity index (χ2v) is 5.49. The third kappa shape index (κ3) is 3.19. The van der Waals surface area contributed by atoms with Gasteiger partial charge in [-0.25, -0.2) is 0 Å². The second kappa shape index (κ2) is 5.04. The lowest BCUT2D eigenvalue weighted by Crippen LogP contribution is -2.22. The van der Waals surface area contributed by atoms with Crippen LogP contribution in [-0.2, 0) is 6.54 Å². The molecule has 1 aromatic rings. The summed E-state index contributed by atoms with van der Waals surface area (Å²) in [5.74, 6) is 0.679. The Hall–Kier alpha value is -1.10. The maximum absolute atomic E-state index is 5.65. The number of nitrogens with zero attached hydrogens (tertiary/aromatic N) is 3. The van der Waals surface area contributed by atoms with Crippen molar-refractivity contribution >= 4 is 6.01 Å². The summed E-state index contributed by atoms with van der Waals surface area (Å²) >= 11 is 0. The molecule has 1 N–H and O–H groups in total. The summed E-state index contributed by atoms with van der Waals surface area (Å²) in [6, 6.07) is 0.670. The van der Waals surface area contributed by atoms with E-state index in [2.05, 4.69) is 41.2 Å². The Balaban J connectivity index is 1.90. The standard InChI is InChI=1S/C12H22N4O/c1-4-6-13-8-10-14-15-11(17-10)16-7-5-12(2,3)9-16/h13H,4-9H2,1-3H3. The Morgan fingerprint density at radius 2 is 2.24 bits per heavy atom. The number of rotatable bonds is 5. The van der Waals surface area contributed by atoms with Crippen LogP contribution in [0.5, 0.6) is 0 Å². The van der Waals surface area contributed by atoms with Crippen molar-refractivity contribution in [2.75, 3.05) is 24.5 Å². The quantitative estimate of drug-likeness (QED) is 0.793. The molecule has 96 valence electrons. The normalized spacial score (nSPS) is 18.9. The highest BCUT2D eigenvalue weighted by Crippen LogP contribution is 2.31. The molecule has 2 heterocycles. The summed E-state index contributed by atoms with van der Waals surface area (Å²) in [4.78, 5) is 2.18. The first-order valence-corrected chi connectivity index (χ1v) is 6.39. The number of hydrogen-bond acceptors (Lipinski definition) is 5. The molecule has 5 nitrogen and oxygen atoms in total. The van der Waals surface area contributed by atoms with Crippen molar-refractivity contribution < 1.29 is 4.42 Å². The van der Waals surface area contributed by atoms with Crippen LogP contribution in [0, 0.1) is 5.41 Å². The van der Waals surface area contributed by atoms with Crippen LogP contribution in [0.3, 0.4) is 0 Å². The van der Waals surface area contributed by atoms with Crippen molar-refractivity contribution in [3.63, 3.8) is 0 Å². The van der Waals surface area contributed by atoms with Gasteiger partial charge in [0.15, 0.2) is 0 Å². The molecule has 1 saturated heterocycles. The summed E-state index contributed by atoms with van der Waals surface area (Å²) in [7, 11) is 0. The monoisotopic (exact) mass is 238 g/mol. The SMILES string of the molecule is CCCNCc1nnc(N2CCC(C)(C)C2)o1. The molecule has 0 amide bonds.